The maximum Gasteiger partial charge on any atom is 0.255 e. The summed E-state index contributed by atoms with van der Waals surface area (Å²) in [5, 5.41) is 17.8. The lowest BCUT2D eigenvalue weighted by molar-refractivity contribution is -0.139. The molecule has 5 aliphatic heterocycles. The standard InChI is InChI=1S/C49H55FN8O10S2/c50-32-5-8-40(59)37(26-32)44(46(63)53-49-51-12-24-70-49)58-28-31-4-6-34(27-36(31)48(58)65)54-13-10-33(11-14-54)55-15-17-56(18-16-55)43(61)30-68-22-21-66-19-20-67-23-25-69-41-3-1-2-35-38(41)29-57(47(35)64)39-7-9-42(60)52-45(39)62/h1-6,8,12,24,26-27,33,39,44,59H,7,9-11,13-23,25,28-30H2,(H,51,53,63)(H,52,60,62). The Morgan fingerprint density at radius 1 is 0.871 bits per heavy atom. The van der Waals surface area contributed by atoms with Gasteiger partial charge in [0.25, 0.3) is 17.7 Å². The van der Waals surface area contributed by atoms with E-state index < -0.39 is 29.7 Å². The van der Waals surface area contributed by atoms with Crippen molar-refractivity contribution in [3.63, 3.8) is 0 Å². The predicted molar refractivity (Wildman–Crippen MR) is 257 cm³/mol. The normalized spacial score (nSPS) is 19.1. The van der Waals surface area contributed by atoms with Crippen molar-refractivity contribution in [2.45, 2.75) is 61.8 Å². The zero-order valence-corrected chi connectivity index (χ0v) is 40.2. The molecule has 3 fully saturated rings. The first-order chi connectivity index (χ1) is 34.0. The van der Waals surface area contributed by atoms with E-state index >= 15 is 0 Å². The Labute approximate surface area is 412 Å². The highest BCUT2D eigenvalue weighted by Crippen LogP contribution is 2.39. The molecule has 6 heterocycles. The molecule has 2 unspecified atom stereocenters. The molecular formula is C49H55FN8O10S2. The molecule has 3 N–H and O–H groups in total. The van der Waals surface area contributed by atoms with Gasteiger partial charge < -0.3 is 38.9 Å². The molecule has 70 heavy (non-hydrogen) atoms. The van der Waals surface area contributed by atoms with Crippen molar-refractivity contribution in [2.24, 2.45) is 0 Å². The molecule has 370 valence electrons. The lowest BCUT2D eigenvalue weighted by atomic mass is 10.0. The summed E-state index contributed by atoms with van der Waals surface area (Å²) >= 11 is 2.80. The molecule has 3 saturated heterocycles. The number of rotatable bonds is 19. The number of hydrogen-bond acceptors (Lipinski definition) is 15. The fourth-order valence-corrected chi connectivity index (χ4v) is 11.3. The number of phenolic OH excluding ortho intramolecular Hbond substituents is 1. The van der Waals surface area contributed by atoms with Crippen molar-refractivity contribution in [3.8, 4) is 5.75 Å². The Morgan fingerprint density at radius 2 is 1.64 bits per heavy atom. The molecule has 21 heteroatoms. The summed E-state index contributed by atoms with van der Waals surface area (Å²) < 4.78 is 31.5. The van der Waals surface area contributed by atoms with Crippen LogP contribution in [-0.2, 0) is 46.5 Å². The van der Waals surface area contributed by atoms with Crippen LogP contribution in [0.15, 0.2) is 71.1 Å². The summed E-state index contributed by atoms with van der Waals surface area (Å²) in [7, 11) is 0. The quantitative estimate of drug-likeness (QED) is 0.0690. The fraction of sp³-hybridized carbons (Fsp3) is 0.449. The minimum Gasteiger partial charge on any atom is -0.508 e. The Morgan fingerprint density at radius 3 is 2.40 bits per heavy atom. The average Bonchev–Trinajstić information content (AvgIpc) is 4.09. The summed E-state index contributed by atoms with van der Waals surface area (Å²) in [5.74, 6) is -2.24. The number of aromatic hydroxyl groups is 1. The number of carbonyl (C=O) groups is 6. The number of phenols is 1. The first kappa shape index (κ1) is 49.0. The smallest absolute Gasteiger partial charge is 0.255 e. The largest absolute Gasteiger partial charge is 0.508 e. The van der Waals surface area contributed by atoms with Gasteiger partial charge >= 0.3 is 0 Å². The lowest BCUT2D eigenvalue weighted by Crippen LogP contribution is -2.54. The van der Waals surface area contributed by atoms with Gasteiger partial charge in [0.1, 0.15) is 30.3 Å². The van der Waals surface area contributed by atoms with Crippen LogP contribution in [0.5, 0.6) is 5.75 Å². The van der Waals surface area contributed by atoms with Crippen molar-refractivity contribution in [3.05, 3.63) is 99.8 Å². The topological polar surface area (TPSA) is 203 Å². The molecule has 0 bridgehead atoms. The molecule has 3 aromatic carbocycles. The Bertz CT molecular complexity index is 2590. The number of amides is 6. The number of nitrogens with one attached hydrogen (secondary N) is 2. The van der Waals surface area contributed by atoms with Crippen LogP contribution >= 0.6 is 23.1 Å². The summed E-state index contributed by atoms with van der Waals surface area (Å²) in [5.41, 5.74) is 3.57. The number of piperazine rings is 1. The molecule has 5 aliphatic rings. The van der Waals surface area contributed by atoms with Crippen molar-refractivity contribution in [1.82, 2.24) is 29.9 Å². The van der Waals surface area contributed by atoms with Gasteiger partial charge in [-0.25, -0.2) is 9.37 Å². The number of thiazole rings is 1. The molecule has 2 atom stereocenters. The van der Waals surface area contributed by atoms with Crippen molar-refractivity contribution in [1.29, 1.82) is 0 Å². The number of carbonyl (C=O) groups excluding carboxylic acids is 6. The van der Waals surface area contributed by atoms with E-state index in [9.17, 15) is 38.3 Å². The Balaban J connectivity index is 0.640. The highest BCUT2D eigenvalue weighted by Gasteiger charge is 2.41. The Hall–Kier alpha value is -5.97. The van der Waals surface area contributed by atoms with Gasteiger partial charge in [-0.3, -0.25) is 44.3 Å². The highest BCUT2D eigenvalue weighted by atomic mass is 32.2. The van der Waals surface area contributed by atoms with Crippen LogP contribution in [-0.4, -0.2) is 162 Å². The molecule has 0 aliphatic carbocycles. The summed E-state index contributed by atoms with van der Waals surface area (Å²) in [6, 6.07) is 13.1. The van der Waals surface area contributed by atoms with E-state index in [2.05, 4.69) is 25.4 Å². The monoisotopic (exact) mass is 998 g/mol. The molecule has 4 aromatic rings. The van der Waals surface area contributed by atoms with Crippen LogP contribution in [0, 0.1) is 5.82 Å². The number of imide groups is 1. The number of fused-ring (bicyclic) bond motifs is 2. The average molecular weight is 999 g/mol. The number of benzene rings is 3. The zero-order chi connectivity index (χ0) is 48.7. The first-order valence-corrected chi connectivity index (χ1v) is 25.4. The van der Waals surface area contributed by atoms with Gasteiger partial charge in [-0.05, 0) is 72.9 Å². The molecule has 0 spiro atoms. The van der Waals surface area contributed by atoms with Crippen LogP contribution < -0.4 is 15.5 Å². The number of piperidine rings is 2. The lowest BCUT2D eigenvalue weighted by Gasteiger charge is -2.43. The number of hydrogen-bond donors (Lipinski definition) is 3. The number of aromatic nitrogens is 1. The van der Waals surface area contributed by atoms with E-state index in [-0.39, 0.29) is 61.1 Å². The summed E-state index contributed by atoms with van der Waals surface area (Å²) in [6.07, 6.45) is 3.91. The van der Waals surface area contributed by atoms with Gasteiger partial charge in [0.2, 0.25) is 17.7 Å². The minimum atomic E-state index is -1.30. The molecule has 1 aromatic heterocycles. The van der Waals surface area contributed by atoms with Gasteiger partial charge in [-0.2, -0.15) is 0 Å². The maximum atomic E-state index is 14.4. The maximum absolute atomic E-state index is 14.4. The second-order valence-corrected chi connectivity index (χ2v) is 19.7. The van der Waals surface area contributed by atoms with Crippen LogP contribution in [0.4, 0.5) is 15.2 Å². The fourth-order valence-electron chi connectivity index (χ4n) is 9.79. The number of nitrogens with zero attached hydrogens (tertiary/aromatic N) is 6. The molecule has 0 saturated carbocycles. The van der Waals surface area contributed by atoms with Crippen LogP contribution in [0.2, 0.25) is 0 Å². The van der Waals surface area contributed by atoms with Crippen LogP contribution in [0.1, 0.15) is 69.1 Å². The number of thioether (sulfide) groups is 1. The molecule has 0 radical (unpaired) electrons. The molecule has 6 amide bonds. The summed E-state index contributed by atoms with van der Waals surface area (Å²) in [4.78, 5) is 92.3. The van der Waals surface area contributed by atoms with E-state index in [0.29, 0.717) is 80.5 Å². The van der Waals surface area contributed by atoms with E-state index in [4.69, 9.17) is 14.2 Å². The van der Waals surface area contributed by atoms with Crippen molar-refractivity contribution in [2.75, 3.05) is 94.9 Å². The molecule has 9 rings (SSSR count). The molecule has 18 nitrogen and oxygen atoms in total. The van der Waals surface area contributed by atoms with Gasteiger partial charge in [0.05, 0.1) is 33.0 Å². The van der Waals surface area contributed by atoms with E-state index in [0.717, 1.165) is 72.9 Å². The van der Waals surface area contributed by atoms with Crippen molar-refractivity contribution < 1.29 is 52.5 Å². The predicted octanol–water partition coefficient (Wildman–Crippen LogP) is 4.04. The van der Waals surface area contributed by atoms with Gasteiger partial charge in [0, 0.05) is 109 Å². The Kier molecular flexibility index (Phi) is 15.7. The van der Waals surface area contributed by atoms with Gasteiger partial charge in [-0.15, -0.1) is 23.1 Å². The SMILES string of the molecule is O=C1CCC(N2Cc3c(SCCOCCOCCOCC(=O)N4CCN(C5CCN(c6ccc7c(c6)C(=O)N(C(C(=O)Nc6nccs6)c6cc(F)ccc6O)C7)CC5)CC4)cccc3C2=O)C(=O)N1. The van der Waals surface area contributed by atoms with E-state index in [1.165, 1.54) is 28.5 Å². The van der Waals surface area contributed by atoms with E-state index in [1.54, 1.807) is 28.1 Å². The third-order valence-corrected chi connectivity index (χ3v) is 15.2. The van der Waals surface area contributed by atoms with Gasteiger partial charge in [-0.1, -0.05) is 12.1 Å². The number of anilines is 2. The van der Waals surface area contributed by atoms with E-state index in [1.807, 2.05) is 35.2 Å². The third kappa shape index (κ3) is 11.1. The van der Waals surface area contributed by atoms with Crippen molar-refractivity contribution >= 4 is 69.4 Å². The number of ether oxygens (including phenoxy) is 3. The minimum absolute atomic E-state index is 0.00958. The highest BCUT2D eigenvalue weighted by molar-refractivity contribution is 7.99. The number of halogens is 1. The third-order valence-electron chi connectivity index (χ3n) is 13.4. The van der Waals surface area contributed by atoms with Gasteiger partial charge in [0.15, 0.2) is 5.13 Å². The summed E-state index contributed by atoms with van der Waals surface area (Å²) in [6.45, 7) is 6.68. The van der Waals surface area contributed by atoms with Crippen LogP contribution in [0.3, 0.4) is 0 Å². The first-order valence-electron chi connectivity index (χ1n) is 23.5. The second-order valence-electron chi connectivity index (χ2n) is 17.6. The zero-order valence-electron chi connectivity index (χ0n) is 38.5. The second kappa shape index (κ2) is 22.4. The molecular weight excluding hydrogens is 944 g/mol. The van der Waals surface area contributed by atoms with Crippen LogP contribution in [0.25, 0.3) is 0 Å².